The number of nitrogens with two attached hydrogens (primary N) is 1. The quantitative estimate of drug-likeness (QED) is 0.283. The van der Waals surface area contributed by atoms with E-state index < -0.39 is 9.84 Å². The number of nitrogen functional groups attached to an aromatic ring is 1. The Balaban J connectivity index is 1.88. The summed E-state index contributed by atoms with van der Waals surface area (Å²) in [5.74, 6) is 0.753. The van der Waals surface area contributed by atoms with Crippen molar-refractivity contribution in [3.8, 4) is 11.5 Å². The van der Waals surface area contributed by atoms with E-state index in [2.05, 4.69) is 5.32 Å². The first-order valence-corrected chi connectivity index (χ1v) is 13.3. The lowest BCUT2D eigenvalue weighted by molar-refractivity contribution is 0.104. The molecule has 0 aliphatic rings. The minimum absolute atomic E-state index is 0.0424. The molecule has 1 aromatic heterocycles. The van der Waals surface area contributed by atoms with Crippen LogP contribution in [0, 0.1) is 13.8 Å². The van der Waals surface area contributed by atoms with E-state index in [0.717, 1.165) is 28.2 Å². The second kappa shape index (κ2) is 10.0. The molecule has 0 aliphatic carbocycles. The maximum Gasteiger partial charge on any atom is 0.211 e. The number of hydrogen-bond acceptors (Lipinski definition) is 8. The number of sulfone groups is 1. The van der Waals surface area contributed by atoms with Gasteiger partial charge in [0.05, 0.1) is 24.8 Å². The van der Waals surface area contributed by atoms with Crippen molar-refractivity contribution in [1.82, 2.24) is 0 Å². The molecule has 0 atom stereocenters. The maximum absolute atomic E-state index is 13.8. The van der Waals surface area contributed by atoms with Gasteiger partial charge in [-0.25, -0.2) is 8.42 Å². The molecule has 1 heterocycles. The van der Waals surface area contributed by atoms with E-state index in [4.69, 9.17) is 15.2 Å². The van der Waals surface area contributed by atoms with E-state index in [1.807, 2.05) is 32.0 Å². The molecule has 0 amide bonds. The first kappa shape index (κ1) is 25.3. The van der Waals surface area contributed by atoms with Crippen molar-refractivity contribution in [3.63, 3.8) is 0 Å². The van der Waals surface area contributed by atoms with Crippen molar-refractivity contribution in [2.75, 3.05) is 25.3 Å². The lowest BCUT2D eigenvalue weighted by Gasteiger charge is -2.14. The molecular formula is C27H26N2O5S2. The second-order valence-electron chi connectivity index (χ2n) is 8.13. The first-order chi connectivity index (χ1) is 17.2. The van der Waals surface area contributed by atoms with Crippen LogP contribution in [-0.2, 0) is 9.84 Å². The largest absolute Gasteiger partial charge is 0.497 e. The highest BCUT2D eigenvalue weighted by Crippen LogP contribution is 2.45. The van der Waals surface area contributed by atoms with E-state index in [1.165, 1.54) is 26.4 Å². The van der Waals surface area contributed by atoms with Gasteiger partial charge in [-0.05, 0) is 73.5 Å². The van der Waals surface area contributed by atoms with Crippen LogP contribution in [0.5, 0.6) is 11.5 Å². The Bertz CT molecular complexity index is 1500. The molecule has 3 N–H and O–H groups in total. The summed E-state index contributed by atoms with van der Waals surface area (Å²) in [6, 6.07) is 18.4. The summed E-state index contributed by atoms with van der Waals surface area (Å²) in [5, 5.41) is 3.53. The number of nitrogens with one attached hydrogen (secondary N) is 1. The van der Waals surface area contributed by atoms with Gasteiger partial charge in [0.2, 0.25) is 15.6 Å². The van der Waals surface area contributed by atoms with Crippen LogP contribution in [0.1, 0.15) is 26.4 Å². The van der Waals surface area contributed by atoms with Crippen molar-refractivity contribution in [2.45, 2.75) is 23.6 Å². The molecule has 0 radical (unpaired) electrons. The van der Waals surface area contributed by atoms with Crippen molar-refractivity contribution in [2.24, 2.45) is 0 Å². The van der Waals surface area contributed by atoms with Gasteiger partial charge >= 0.3 is 0 Å². The topological polar surface area (TPSA) is 108 Å². The van der Waals surface area contributed by atoms with Crippen molar-refractivity contribution < 1.29 is 22.7 Å². The lowest BCUT2D eigenvalue weighted by atomic mass is 10.1. The van der Waals surface area contributed by atoms with Crippen molar-refractivity contribution in [3.05, 3.63) is 88.3 Å². The number of carbonyl (C=O) groups is 1. The SMILES string of the molecule is COc1ccc(C(=O)c2sc(Nc3c(C)cccc3C)c(S(=O)(=O)c3ccc(OC)cc3)c2N)cc1. The molecule has 0 saturated carbocycles. The monoisotopic (exact) mass is 522 g/mol. The van der Waals surface area contributed by atoms with E-state index in [9.17, 15) is 13.2 Å². The van der Waals surface area contributed by atoms with Crippen LogP contribution in [0.2, 0.25) is 0 Å². The predicted molar refractivity (Wildman–Crippen MR) is 143 cm³/mol. The van der Waals surface area contributed by atoms with Crippen LogP contribution in [0.15, 0.2) is 76.5 Å². The molecule has 4 aromatic rings. The van der Waals surface area contributed by atoms with Gasteiger partial charge in [0.25, 0.3) is 0 Å². The Labute approximate surface area is 214 Å². The third-order valence-electron chi connectivity index (χ3n) is 5.82. The first-order valence-electron chi connectivity index (χ1n) is 11.0. The number of hydrogen-bond donors (Lipinski definition) is 2. The fraction of sp³-hybridized carbons (Fsp3) is 0.148. The number of aryl methyl sites for hydroxylation is 2. The van der Waals surface area contributed by atoms with Gasteiger partial charge in [0, 0.05) is 11.3 Å². The van der Waals surface area contributed by atoms with Gasteiger partial charge in [-0.2, -0.15) is 0 Å². The van der Waals surface area contributed by atoms with Gasteiger partial charge in [-0.15, -0.1) is 11.3 Å². The maximum atomic E-state index is 13.8. The number of anilines is 3. The van der Waals surface area contributed by atoms with Gasteiger partial charge in [-0.1, -0.05) is 18.2 Å². The zero-order chi connectivity index (χ0) is 26.0. The molecule has 0 saturated heterocycles. The molecule has 3 aromatic carbocycles. The molecule has 36 heavy (non-hydrogen) atoms. The Morgan fingerprint density at radius 2 is 1.39 bits per heavy atom. The third-order valence-corrected chi connectivity index (χ3v) is 8.92. The Morgan fingerprint density at radius 1 is 0.861 bits per heavy atom. The standard InChI is InChI=1S/C27H26N2O5S2/c1-16-6-5-7-17(2)23(16)29-27-26(36(31,32)21-14-12-20(34-4)13-15-21)22(28)25(35-27)24(30)18-8-10-19(33-3)11-9-18/h5-15,29H,28H2,1-4H3. The predicted octanol–water partition coefficient (Wildman–Crippen LogP) is 5.77. The highest BCUT2D eigenvalue weighted by atomic mass is 32.2. The van der Waals surface area contributed by atoms with E-state index in [-0.39, 0.29) is 31.1 Å². The zero-order valence-corrected chi connectivity index (χ0v) is 21.9. The summed E-state index contributed by atoms with van der Waals surface area (Å²) in [6.45, 7) is 3.85. The molecule has 0 spiro atoms. The summed E-state index contributed by atoms with van der Waals surface area (Å²) in [7, 11) is -1.04. The van der Waals surface area contributed by atoms with E-state index >= 15 is 0 Å². The zero-order valence-electron chi connectivity index (χ0n) is 20.3. The summed E-state index contributed by atoms with van der Waals surface area (Å²) in [6.07, 6.45) is 0. The van der Waals surface area contributed by atoms with Gasteiger partial charge in [0.1, 0.15) is 26.3 Å². The van der Waals surface area contributed by atoms with Crippen LogP contribution in [0.3, 0.4) is 0 Å². The number of ether oxygens (including phenoxy) is 2. The second-order valence-corrected chi connectivity index (χ2v) is 11.0. The number of carbonyl (C=O) groups excluding carboxylic acids is 1. The Morgan fingerprint density at radius 3 is 1.92 bits per heavy atom. The van der Waals surface area contributed by atoms with Crippen LogP contribution < -0.4 is 20.5 Å². The minimum atomic E-state index is -4.08. The molecule has 4 rings (SSSR count). The van der Waals surface area contributed by atoms with Crippen molar-refractivity contribution >= 4 is 43.3 Å². The molecule has 0 unspecified atom stereocenters. The van der Waals surface area contributed by atoms with Crippen LogP contribution in [-0.4, -0.2) is 28.4 Å². The smallest absolute Gasteiger partial charge is 0.211 e. The highest BCUT2D eigenvalue weighted by molar-refractivity contribution is 7.92. The van der Waals surface area contributed by atoms with Gasteiger partial charge in [-0.3, -0.25) is 4.79 Å². The molecule has 9 heteroatoms. The van der Waals surface area contributed by atoms with E-state index in [1.54, 1.807) is 36.4 Å². The molecule has 0 aliphatic heterocycles. The number of thiophene rings is 1. The average molecular weight is 523 g/mol. The molecule has 0 fully saturated rings. The van der Waals surface area contributed by atoms with Gasteiger partial charge < -0.3 is 20.5 Å². The third kappa shape index (κ3) is 4.67. The minimum Gasteiger partial charge on any atom is -0.497 e. The highest BCUT2D eigenvalue weighted by Gasteiger charge is 2.32. The normalized spacial score (nSPS) is 11.2. The number of para-hydroxylation sites is 1. The van der Waals surface area contributed by atoms with Gasteiger partial charge in [0.15, 0.2) is 0 Å². The molecule has 186 valence electrons. The van der Waals surface area contributed by atoms with Crippen molar-refractivity contribution in [1.29, 1.82) is 0 Å². The van der Waals surface area contributed by atoms with Crippen LogP contribution in [0.4, 0.5) is 16.4 Å². The average Bonchev–Trinajstić information content (AvgIpc) is 3.22. The lowest BCUT2D eigenvalue weighted by Crippen LogP contribution is -2.09. The molecule has 0 bridgehead atoms. The summed E-state index contributed by atoms with van der Waals surface area (Å²) >= 11 is 1.02. The Hall–Kier alpha value is -3.82. The van der Waals surface area contributed by atoms with E-state index in [0.29, 0.717) is 17.1 Å². The number of ketones is 1. The summed E-state index contributed by atoms with van der Waals surface area (Å²) in [4.78, 5) is 13.5. The van der Waals surface area contributed by atoms with Crippen LogP contribution in [0.25, 0.3) is 0 Å². The fourth-order valence-corrected chi connectivity index (χ4v) is 6.74. The molecular weight excluding hydrogens is 496 g/mol. The summed E-state index contributed by atoms with van der Waals surface area (Å²) < 4.78 is 37.9. The summed E-state index contributed by atoms with van der Waals surface area (Å²) in [5.41, 5.74) is 9.32. The number of benzene rings is 3. The van der Waals surface area contributed by atoms with Crippen LogP contribution >= 0.6 is 11.3 Å². The number of methoxy groups -OCH3 is 2. The Kier molecular flexibility index (Phi) is 7.05. The fourth-order valence-electron chi connectivity index (χ4n) is 3.82. The number of rotatable bonds is 8. The molecule has 7 nitrogen and oxygen atoms in total.